The summed E-state index contributed by atoms with van der Waals surface area (Å²) in [5, 5.41) is 23.1. The fraction of sp³-hybridized carbons (Fsp3) is 0.0800. The van der Waals surface area contributed by atoms with Crippen LogP contribution >= 0.6 is 0 Å². The van der Waals surface area contributed by atoms with E-state index in [9.17, 15) is 15.4 Å². The highest BCUT2D eigenvalue weighted by molar-refractivity contribution is 6.01. The Labute approximate surface area is 173 Å². The first-order chi connectivity index (χ1) is 14.5. The van der Waals surface area contributed by atoms with Gasteiger partial charge in [0.05, 0.1) is 16.6 Å². The lowest BCUT2D eigenvalue weighted by Crippen LogP contribution is -1.94. The summed E-state index contributed by atoms with van der Waals surface area (Å²) in [7, 11) is 0. The van der Waals surface area contributed by atoms with Crippen LogP contribution < -0.4 is 0 Å². The topological polar surface area (TPSA) is 80.1 Å². The fourth-order valence-electron chi connectivity index (χ4n) is 3.53. The van der Waals surface area contributed by atoms with Crippen LogP contribution in [0.15, 0.2) is 71.1 Å². The number of nitro groups is 1. The van der Waals surface area contributed by atoms with Crippen molar-refractivity contribution in [1.82, 2.24) is 0 Å². The summed E-state index contributed by atoms with van der Waals surface area (Å²) in [5.41, 5.74) is 3.47. The molecule has 0 unspecified atom stereocenters. The number of fused-ring (bicyclic) bond motifs is 1. The molecular weight excluding hydrogens is 376 g/mol. The average molecular weight is 394 g/mol. The lowest BCUT2D eigenvalue weighted by molar-refractivity contribution is -0.385. The number of rotatable bonds is 4. The molecule has 0 fully saturated rings. The summed E-state index contributed by atoms with van der Waals surface area (Å²) in [6, 6.07) is 22.9. The first kappa shape index (κ1) is 19.2. The van der Waals surface area contributed by atoms with E-state index in [-0.39, 0.29) is 10.6 Å². The van der Waals surface area contributed by atoms with Crippen LogP contribution in [0, 0.1) is 35.3 Å². The molecule has 3 aromatic carbocycles. The van der Waals surface area contributed by atoms with Crippen LogP contribution in [0.25, 0.3) is 33.7 Å². The smallest absolute Gasteiger partial charge is 0.273 e. The predicted molar refractivity (Wildman–Crippen MR) is 118 cm³/mol. The summed E-state index contributed by atoms with van der Waals surface area (Å²) in [5.74, 6) is 1.03. The van der Waals surface area contributed by atoms with Gasteiger partial charge in [-0.05, 0) is 54.5 Å². The van der Waals surface area contributed by atoms with Crippen molar-refractivity contribution in [3.63, 3.8) is 0 Å². The van der Waals surface area contributed by atoms with Crippen molar-refractivity contribution < 1.29 is 9.34 Å². The predicted octanol–water partition coefficient (Wildman–Crippen LogP) is 6.69. The number of hydrogen-bond donors (Lipinski definition) is 0. The van der Waals surface area contributed by atoms with Gasteiger partial charge in [-0.1, -0.05) is 42.5 Å². The second-order valence-electron chi connectivity index (χ2n) is 7.09. The van der Waals surface area contributed by atoms with Gasteiger partial charge in [0.2, 0.25) is 0 Å². The highest BCUT2D eigenvalue weighted by Crippen LogP contribution is 2.32. The summed E-state index contributed by atoms with van der Waals surface area (Å²) in [4.78, 5) is 11.0. The number of benzene rings is 3. The van der Waals surface area contributed by atoms with Gasteiger partial charge in [0, 0.05) is 22.8 Å². The Bertz CT molecular complexity index is 1350. The molecule has 0 spiro atoms. The molecule has 0 saturated carbocycles. The minimum absolute atomic E-state index is 0.0620. The summed E-state index contributed by atoms with van der Waals surface area (Å²) in [6.07, 6.45) is 1.70. The van der Waals surface area contributed by atoms with Gasteiger partial charge in [-0.3, -0.25) is 10.1 Å². The Hall–Kier alpha value is -4.17. The van der Waals surface area contributed by atoms with Gasteiger partial charge in [-0.25, -0.2) is 0 Å². The first-order valence-electron chi connectivity index (χ1n) is 9.43. The lowest BCUT2D eigenvalue weighted by Gasteiger charge is -2.05. The molecule has 5 heteroatoms. The molecule has 1 aromatic heterocycles. The van der Waals surface area contributed by atoms with Crippen LogP contribution in [0.1, 0.15) is 22.5 Å². The zero-order chi connectivity index (χ0) is 21.3. The third-order valence-electron chi connectivity index (χ3n) is 5.23. The molecule has 0 bridgehead atoms. The number of nitrogens with zero attached hydrogens (tertiary/aromatic N) is 2. The molecule has 0 aliphatic rings. The minimum Gasteiger partial charge on any atom is -0.457 e. The third kappa shape index (κ3) is 3.47. The Morgan fingerprint density at radius 3 is 2.60 bits per heavy atom. The van der Waals surface area contributed by atoms with E-state index in [0.717, 1.165) is 21.9 Å². The molecule has 0 aliphatic heterocycles. The van der Waals surface area contributed by atoms with Crippen molar-refractivity contribution >= 4 is 28.1 Å². The van der Waals surface area contributed by atoms with E-state index < -0.39 is 0 Å². The summed E-state index contributed by atoms with van der Waals surface area (Å²) < 4.78 is 5.92. The number of nitro benzene ring substituents is 1. The monoisotopic (exact) mass is 394 g/mol. The van der Waals surface area contributed by atoms with Gasteiger partial charge in [0.1, 0.15) is 11.5 Å². The number of allylic oxidation sites excluding steroid dienone is 1. The second kappa shape index (κ2) is 7.69. The highest BCUT2D eigenvalue weighted by Gasteiger charge is 2.16. The maximum absolute atomic E-state index is 11.3. The van der Waals surface area contributed by atoms with Gasteiger partial charge >= 0.3 is 0 Å². The van der Waals surface area contributed by atoms with Gasteiger partial charge in [0.15, 0.2) is 0 Å². The maximum Gasteiger partial charge on any atom is 0.273 e. The summed E-state index contributed by atoms with van der Waals surface area (Å²) in [6.45, 7) is 3.57. The van der Waals surface area contributed by atoms with E-state index in [1.807, 2.05) is 55.5 Å². The number of aryl methyl sites for hydroxylation is 1. The molecule has 0 atom stereocenters. The quantitative estimate of drug-likeness (QED) is 0.219. The van der Waals surface area contributed by atoms with Crippen LogP contribution in [0.2, 0.25) is 0 Å². The standard InChI is InChI=1S/C25H18N2O3/c1-16-12-19(14-24(17(16)2)27(28)29)25-11-10-21(30-25)13-20(15-26)23-9-5-7-18-6-3-4-8-22(18)23/h3-14H,1-2H3/b20-13-. The molecule has 146 valence electrons. The van der Waals surface area contributed by atoms with Gasteiger partial charge in [0.25, 0.3) is 5.69 Å². The largest absolute Gasteiger partial charge is 0.457 e. The van der Waals surface area contributed by atoms with Crippen molar-refractivity contribution in [1.29, 1.82) is 5.26 Å². The second-order valence-corrected chi connectivity index (χ2v) is 7.09. The lowest BCUT2D eigenvalue weighted by atomic mass is 9.98. The normalized spacial score (nSPS) is 11.4. The fourth-order valence-corrected chi connectivity index (χ4v) is 3.53. The molecule has 5 nitrogen and oxygen atoms in total. The van der Waals surface area contributed by atoms with Crippen LogP contribution in [0.3, 0.4) is 0 Å². The van der Waals surface area contributed by atoms with E-state index in [0.29, 0.717) is 28.2 Å². The zero-order valence-electron chi connectivity index (χ0n) is 16.5. The molecule has 0 N–H and O–H groups in total. The van der Waals surface area contributed by atoms with Crippen molar-refractivity contribution in [3.8, 4) is 17.4 Å². The molecule has 1 heterocycles. The molecule has 4 rings (SSSR count). The Morgan fingerprint density at radius 1 is 1.07 bits per heavy atom. The van der Waals surface area contributed by atoms with Crippen LogP contribution in [-0.2, 0) is 0 Å². The molecule has 30 heavy (non-hydrogen) atoms. The van der Waals surface area contributed by atoms with Crippen molar-refractivity contribution in [2.75, 3.05) is 0 Å². The molecule has 4 aromatic rings. The first-order valence-corrected chi connectivity index (χ1v) is 9.43. The number of furan rings is 1. The summed E-state index contributed by atoms with van der Waals surface area (Å²) >= 11 is 0. The van der Waals surface area contributed by atoms with E-state index >= 15 is 0 Å². The van der Waals surface area contributed by atoms with E-state index in [1.54, 1.807) is 25.1 Å². The third-order valence-corrected chi connectivity index (χ3v) is 5.23. The minimum atomic E-state index is -0.385. The van der Waals surface area contributed by atoms with E-state index in [4.69, 9.17) is 4.42 Å². The van der Waals surface area contributed by atoms with Crippen LogP contribution in [0.5, 0.6) is 0 Å². The molecule has 0 saturated heterocycles. The van der Waals surface area contributed by atoms with E-state index in [2.05, 4.69) is 6.07 Å². The maximum atomic E-state index is 11.3. The van der Waals surface area contributed by atoms with Crippen LogP contribution in [-0.4, -0.2) is 4.92 Å². The number of hydrogen-bond acceptors (Lipinski definition) is 4. The van der Waals surface area contributed by atoms with Gasteiger partial charge in [-0.2, -0.15) is 5.26 Å². The molecule has 0 aliphatic carbocycles. The zero-order valence-corrected chi connectivity index (χ0v) is 16.5. The molecule has 0 amide bonds. The van der Waals surface area contributed by atoms with Crippen molar-refractivity contribution in [3.05, 3.63) is 99.3 Å². The van der Waals surface area contributed by atoms with Crippen molar-refractivity contribution in [2.45, 2.75) is 13.8 Å². The number of nitriles is 1. The Morgan fingerprint density at radius 2 is 1.83 bits per heavy atom. The van der Waals surface area contributed by atoms with Crippen molar-refractivity contribution in [2.24, 2.45) is 0 Å². The molecule has 0 radical (unpaired) electrons. The Kier molecular flexibility index (Phi) is 4.91. The van der Waals surface area contributed by atoms with Crippen LogP contribution in [0.4, 0.5) is 5.69 Å². The Balaban J connectivity index is 1.76. The SMILES string of the molecule is Cc1cc(-c2ccc(/C=C(/C#N)c3cccc4ccccc34)o2)cc([N+](=O)[O-])c1C. The van der Waals surface area contributed by atoms with E-state index in [1.165, 1.54) is 6.07 Å². The average Bonchev–Trinajstić information content (AvgIpc) is 3.22. The van der Waals surface area contributed by atoms with Gasteiger partial charge < -0.3 is 4.42 Å². The highest BCUT2D eigenvalue weighted by atomic mass is 16.6. The van der Waals surface area contributed by atoms with Gasteiger partial charge in [-0.15, -0.1) is 0 Å². The molecular formula is C25H18N2O3.